The van der Waals surface area contributed by atoms with Crippen LogP contribution in [0.2, 0.25) is 0 Å². The number of nitriles is 1. The van der Waals surface area contributed by atoms with E-state index in [1.165, 1.54) is 12.1 Å². The first-order valence-electron chi connectivity index (χ1n) is 5.57. The molecule has 0 spiro atoms. The second kappa shape index (κ2) is 5.65. The highest BCUT2D eigenvalue weighted by atomic mass is 19.1. The number of benzene rings is 1. The van der Waals surface area contributed by atoms with Gasteiger partial charge in [-0.2, -0.15) is 5.26 Å². The van der Waals surface area contributed by atoms with Crippen molar-refractivity contribution in [3.05, 3.63) is 30.1 Å². The molecule has 1 rings (SSSR count). The first kappa shape index (κ1) is 13.5. The van der Waals surface area contributed by atoms with E-state index in [4.69, 9.17) is 5.26 Å². The molecule has 1 N–H and O–H groups in total. The number of hydrogen-bond acceptors (Lipinski definition) is 3. The van der Waals surface area contributed by atoms with E-state index in [1.807, 2.05) is 18.9 Å². The van der Waals surface area contributed by atoms with Gasteiger partial charge in [-0.25, -0.2) is 4.39 Å². The Morgan fingerprint density at radius 2 is 2.00 bits per heavy atom. The summed E-state index contributed by atoms with van der Waals surface area (Å²) in [6, 6.07) is 8.59. The molecule has 92 valence electrons. The van der Waals surface area contributed by atoms with Crippen LogP contribution in [0.3, 0.4) is 0 Å². The molecule has 0 aliphatic rings. The molecular formula is C13H18FN3. The third-order valence-corrected chi connectivity index (χ3v) is 3.01. The molecule has 1 aromatic carbocycles. The Hall–Kier alpha value is -1.60. The lowest BCUT2D eigenvalue weighted by molar-refractivity contribution is 0.457. The second-order valence-corrected chi connectivity index (χ2v) is 4.34. The van der Waals surface area contributed by atoms with E-state index in [2.05, 4.69) is 11.4 Å². The van der Waals surface area contributed by atoms with Crippen molar-refractivity contribution in [3.8, 4) is 6.07 Å². The fraction of sp³-hybridized carbons (Fsp3) is 0.462. The molecule has 0 aromatic heterocycles. The molecular weight excluding hydrogens is 217 g/mol. The molecule has 0 aliphatic carbocycles. The lowest BCUT2D eigenvalue weighted by atomic mass is 10.00. The van der Waals surface area contributed by atoms with Crippen LogP contribution in [-0.4, -0.2) is 26.2 Å². The zero-order valence-electron chi connectivity index (χ0n) is 10.5. The molecule has 0 heterocycles. The van der Waals surface area contributed by atoms with E-state index in [1.54, 1.807) is 19.2 Å². The number of anilines is 1. The summed E-state index contributed by atoms with van der Waals surface area (Å²) in [5, 5.41) is 12.0. The van der Waals surface area contributed by atoms with Crippen LogP contribution in [0.5, 0.6) is 0 Å². The molecule has 0 saturated carbocycles. The van der Waals surface area contributed by atoms with Crippen molar-refractivity contribution in [2.45, 2.75) is 18.9 Å². The van der Waals surface area contributed by atoms with E-state index in [9.17, 15) is 4.39 Å². The van der Waals surface area contributed by atoms with Gasteiger partial charge in [-0.1, -0.05) is 0 Å². The predicted molar refractivity (Wildman–Crippen MR) is 67.4 cm³/mol. The van der Waals surface area contributed by atoms with Crippen LogP contribution >= 0.6 is 0 Å². The Balaban J connectivity index is 2.59. The molecule has 0 saturated heterocycles. The Labute approximate surface area is 102 Å². The third kappa shape index (κ3) is 3.72. The van der Waals surface area contributed by atoms with Gasteiger partial charge in [-0.05, 0) is 44.7 Å². The van der Waals surface area contributed by atoms with E-state index >= 15 is 0 Å². The average Bonchev–Trinajstić information content (AvgIpc) is 2.36. The fourth-order valence-electron chi connectivity index (χ4n) is 1.45. The lowest BCUT2D eigenvalue weighted by Gasteiger charge is -2.26. The molecule has 1 atom stereocenters. The second-order valence-electron chi connectivity index (χ2n) is 4.34. The number of nitrogens with zero attached hydrogens (tertiary/aromatic N) is 2. The molecule has 0 bridgehead atoms. The van der Waals surface area contributed by atoms with Crippen molar-refractivity contribution in [2.75, 3.05) is 25.5 Å². The van der Waals surface area contributed by atoms with Gasteiger partial charge in [0.2, 0.25) is 0 Å². The summed E-state index contributed by atoms with van der Waals surface area (Å²) in [7, 11) is 3.71. The van der Waals surface area contributed by atoms with Crippen LogP contribution in [0.4, 0.5) is 10.1 Å². The highest BCUT2D eigenvalue weighted by Gasteiger charge is 2.21. The Morgan fingerprint density at radius 3 is 2.47 bits per heavy atom. The minimum atomic E-state index is -0.520. The van der Waals surface area contributed by atoms with Crippen molar-refractivity contribution in [3.63, 3.8) is 0 Å². The van der Waals surface area contributed by atoms with Crippen molar-refractivity contribution >= 4 is 5.69 Å². The van der Waals surface area contributed by atoms with Gasteiger partial charge in [0.15, 0.2) is 0 Å². The van der Waals surface area contributed by atoms with Crippen LogP contribution in [0, 0.1) is 17.1 Å². The minimum absolute atomic E-state index is 0.237. The molecule has 17 heavy (non-hydrogen) atoms. The van der Waals surface area contributed by atoms with E-state index in [-0.39, 0.29) is 5.82 Å². The van der Waals surface area contributed by atoms with Crippen LogP contribution in [-0.2, 0) is 0 Å². The first-order valence-corrected chi connectivity index (χ1v) is 5.57. The van der Waals surface area contributed by atoms with Gasteiger partial charge >= 0.3 is 0 Å². The van der Waals surface area contributed by atoms with Gasteiger partial charge in [0.1, 0.15) is 11.4 Å². The van der Waals surface area contributed by atoms with Crippen LogP contribution in [0.1, 0.15) is 13.3 Å². The predicted octanol–water partition coefficient (Wildman–Crippen LogP) is 2.15. The highest BCUT2D eigenvalue weighted by molar-refractivity contribution is 5.45. The fourth-order valence-corrected chi connectivity index (χ4v) is 1.45. The number of nitrogens with one attached hydrogen (secondary N) is 1. The van der Waals surface area contributed by atoms with Gasteiger partial charge in [-0.15, -0.1) is 0 Å². The lowest BCUT2D eigenvalue weighted by Crippen LogP contribution is -2.41. The van der Waals surface area contributed by atoms with Crippen molar-refractivity contribution < 1.29 is 4.39 Å². The Kier molecular flexibility index (Phi) is 4.47. The SMILES string of the molecule is CNC(C)(C#N)CCN(C)c1ccc(F)cc1. The van der Waals surface area contributed by atoms with E-state index in [0.29, 0.717) is 6.42 Å². The smallest absolute Gasteiger partial charge is 0.123 e. The van der Waals surface area contributed by atoms with Crippen molar-refractivity contribution in [1.82, 2.24) is 5.32 Å². The average molecular weight is 235 g/mol. The molecule has 0 aliphatic heterocycles. The molecule has 0 radical (unpaired) electrons. The Morgan fingerprint density at radius 1 is 1.41 bits per heavy atom. The maximum atomic E-state index is 12.8. The topological polar surface area (TPSA) is 39.1 Å². The molecule has 0 amide bonds. The van der Waals surface area contributed by atoms with E-state index in [0.717, 1.165) is 12.2 Å². The normalized spacial score (nSPS) is 13.8. The van der Waals surface area contributed by atoms with Gasteiger partial charge in [0.05, 0.1) is 6.07 Å². The zero-order valence-corrected chi connectivity index (χ0v) is 10.5. The first-order chi connectivity index (χ1) is 8.00. The zero-order chi connectivity index (χ0) is 12.9. The largest absolute Gasteiger partial charge is 0.374 e. The van der Waals surface area contributed by atoms with Crippen molar-refractivity contribution in [1.29, 1.82) is 5.26 Å². The molecule has 1 unspecified atom stereocenters. The minimum Gasteiger partial charge on any atom is -0.374 e. The monoisotopic (exact) mass is 235 g/mol. The molecule has 1 aromatic rings. The molecule has 3 nitrogen and oxygen atoms in total. The standard InChI is InChI=1S/C13H18FN3/c1-13(10-15,16-2)8-9-17(3)12-6-4-11(14)5-7-12/h4-7,16H,8-9H2,1-3H3. The summed E-state index contributed by atoms with van der Waals surface area (Å²) in [5.74, 6) is -0.237. The summed E-state index contributed by atoms with van der Waals surface area (Å²) in [5.41, 5.74) is 0.427. The van der Waals surface area contributed by atoms with Crippen LogP contribution < -0.4 is 10.2 Å². The molecule has 4 heteroatoms. The summed E-state index contributed by atoms with van der Waals surface area (Å²) < 4.78 is 12.8. The highest BCUT2D eigenvalue weighted by Crippen LogP contribution is 2.15. The maximum Gasteiger partial charge on any atom is 0.123 e. The van der Waals surface area contributed by atoms with Crippen LogP contribution in [0.15, 0.2) is 24.3 Å². The molecule has 0 fully saturated rings. The van der Waals surface area contributed by atoms with Gasteiger partial charge in [0, 0.05) is 19.3 Å². The maximum absolute atomic E-state index is 12.8. The van der Waals surface area contributed by atoms with Crippen molar-refractivity contribution in [2.24, 2.45) is 0 Å². The van der Waals surface area contributed by atoms with E-state index < -0.39 is 5.54 Å². The van der Waals surface area contributed by atoms with Gasteiger partial charge < -0.3 is 10.2 Å². The summed E-state index contributed by atoms with van der Waals surface area (Å²) in [6.45, 7) is 2.60. The van der Waals surface area contributed by atoms with Gasteiger partial charge in [-0.3, -0.25) is 0 Å². The Bertz CT molecular complexity index is 396. The quantitative estimate of drug-likeness (QED) is 0.850. The van der Waals surface area contributed by atoms with Gasteiger partial charge in [0.25, 0.3) is 0 Å². The number of rotatable bonds is 5. The summed E-state index contributed by atoms with van der Waals surface area (Å²) in [6.07, 6.45) is 0.702. The summed E-state index contributed by atoms with van der Waals surface area (Å²) >= 11 is 0. The number of halogens is 1. The van der Waals surface area contributed by atoms with Crippen LogP contribution in [0.25, 0.3) is 0 Å². The number of hydrogen-bond donors (Lipinski definition) is 1. The summed E-state index contributed by atoms with van der Waals surface area (Å²) in [4.78, 5) is 2.01. The third-order valence-electron chi connectivity index (χ3n) is 3.01.